The van der Waals surface area contributed by atoms with Gasteiger partial charge in [-0.2, -0.15) is 15.0 Å². The minimum absolute atomic E-state index is 0.0914. The van der Waals surface area contributed by atoms with Crippen molar-refractivity contribution in [1.82, 2.24) is 19.9 Å². The van der Waals surface area contributed by atoms with E-state index in [1.54, 1.807) is 0 Å². The van der Waals surface area contributed by atoms with E-state index in [9.17, 15) is 0 Å². The predicted molar refractivity (Wildman–Crippen MR) is 80.6 cm³/mol. The molecule has 2 aromatic heterocycles. The van der Waals surface area contributed by atoms with E-state index in [-0.39, 0.29) is 12.0 Å². The molecule has 0 aliphatic heterocycles. The Morgan fingerprint density at radius 1 is 1.05 bits per heavy atom. The highest BCUT2D eigenvalue weighted by atomic mass is 16.5. The van der Waals surface area contributed by atoms with Crippen LogP contribution in [0.25, 0.3) is 10.9 Å². The fourth-order valence-electron chi connectivity index (χ4n) is 1.99. The number of benzene rings is 1. The fraction of sp³-hybridized carbons (Fsp3) is 0.143. The number of nitrogens with one attached hydrogen (secondary N) is 1. The van der Waals surface area contributed by atoms with Gasteiger partial charge in [0.15, 0.2) is 0 Å². The number of methoxy groups -OCH3 is 1. The second kappa shape index (κ2) is 5.20. The summed E-state index contributed by atoms with van der Waals surface area (Å²) in [6.07, 6.45) is 0. The van der Waals surface area contributed by atoms with Crippen molar-refractivity contribution in [3.63, 3.8) is 0 Å². The molecule has 7 heteroatoms. The minimum Gasteiger partial charge on any atom is -0.467 e. The maximum atomic E-state index is 5.63. The first-order valence-electron chi connectivity index (χ1n) is 6.34. The Morgan fingerprint density at radius 3 is 2.71 bits per heavy atom. The molecular weight excluding hydrogens is 268 g/mol. The summed E-state index contributed by atoms with van der Waals surface area (Å²) in [5.41, 5.74) is 8.20. The van der Waals surface area contributed by atoms with Crippen LogP contribution in [0.5, 0.6) is 6.01 Å². The Hall–Kier alpha value is -2.96. The smallest absolute Gasteiger partial charge is 0.322 e. The standard InChI is InChI=1S/C14H14N6O/c1-8-6-7-9-4-3-5-10(11(9)16-8)17-13-18-12(15)19-14(20-13)21-2/h3-7H,1-2H3,(H3,15,17,18,19,20). The number of fused-ring (bicyclic) bond motifs is 1. The fourth-order valence-corrected chi connectivity index (χ4v) is 1.99. The van der Waals surface area contributed by atoms with Gasteiger partial charge in [-0.05, 0) is 19.1 Å². The number of hydrogen-bond acceptors (Lipinski definition) is 7. The molecule has 0 unspecified atom stereocenters. The van der Waals surface area contributed by atoms with Crippen LogP contribution in [0, 0.1) is 6.92 Å². The van der Waals surface area contributed by atoms with Gasteiger partial charge in [-0.1, -0.05) is 18.2 Å². The van der Waals surface area contributed by atoms with Gasteiger partial charge < -0.3 is 15.8 Å². The molecule has 3 rings (SSSR count). The van der Waals surface area contributed by atoms with E-state index in [1.165, 1.54) is 7.11 Å². The highest BCUT2D eigenvalue weighted by Crippen LogP contribution is 2.24. The normalized spacial score (nSPS) is 10.6. The number of nitrogens with two attached hydrogens (primary N) is 1. The number of anilines is 3. The number of hydrogen-bond donors (Lipinski definition) is 2. The quantitative estimate of drug-likeness (QED) is 0.758. The Bertz CT molecular complexity index is 805. The third kappa shape index (κ3) is 2.66. The van der Waals surface area contributed by atoms with Gasteiger partial charge in [0.1, 0.15) is 0 Å². The molecule has 0 radical (unpaired) electrons. The second-order valence-electron chi connectivity index (χ2n) is 4.46. The van der Waals surface area contributed by atoms with Crippen molar-refractivity contribution in [3.8, 4) is 6.01 Å². The number of para-hydroxylation sites is 1. The van der Waals surface area contributed by atoms with E-state index in [1.807, 2.05) is 37.3 Å². The number of aryl methyl sites for hydroxylation is 1. The molecule has 3 aromatic rings. The summed E-state index contributed by atoms with van der Waals surface area (Å²) in [6, 6.07) is 9.98. The maximum Gasteiger partial charge on any atom is 0.322 e. The van der Waals surface area contributed by atoms with Gasteiger partial charge in [-0.3, -0.25) is 4.98 Å². The first-order valence-corrected chi connectivity index (χ1v) is 6.34. The molecule has 7 nitrogen and oxygen atoms in total. The lowest BCUT2D eigenvalue weighted by atomic mass is 10.2. The van der Waals surface area contributed by atoms with Crippen molar-refractivity contribution in [2.24, 2.45) is 0 Å². The summed E-state index contributed by atoms with van der Waals surface area (Å²) in [5.74, 6) is 0.406. The van der Waals surface area contributed by atoms with Crippen LogP contribution in [-0.2, 0) is 0 Å². The molecule has 2 heterocycles. The third-order valence-electron chi connectivity index (χ3n) is 2.92. The van der Waals surface area contributed by atoms with Gasteiger partial charge in [0.05, 0.1) is 18.3 Å². The SMILES string of the molecule is COc1nc(N)nc(Nc2cccc3ccc(C)nc23)n1. The number of rotatable bonds is 3. The zero-order valence-electron chi connectivity index (χ0n) is 11.7. The van der Waals surface area contributed by atoms with E-state index in [0.29, 0.717) is 5.95 Å². The molecule has 3 N–H and O–H groups in total. The summed E-state index contributed by atoms with van der Waals surface area (Å²) in [7, 11) is 1.47. The van der Waals surface area contributed by atoms with Crippen LogP contribution in [-0.4, -0.2) is 27.0 Å². The Labute approximate surface area is 121 Å². The largest absolute Gasteiger partial charge is 0.467 e. The monoisotopic (exact) mass is 282 g/mol. The Balaban J connectivity index is 2.05. The number of pyridine rings is 1. The van der Waals surface area contributed by atoms with Crippen molar-refractivity contribution >= 4 is 28.5 Å². The first kappa shape index (κ1) is 13.0. The average molecular weight is 282 g/mol. The van der Waals surface area contributed by atoms with Gasteiger partial charge in [0.25, 0.3) is 0 Å². The number of nitrogens with zero attached hydrogens (tertiary/aromatic N) is 4. The number of aromatic nitrogens is 4. The molecule has 0 amide bonds. The molecule has 0 bridgehead atoms. The molecule has 0 atom stereocenters. The van der Waals surface area contributed by atoms with Gasteiger partial charge in [0.2, 0.25) is 11.9 Å². The lowest BCUT2D eigenvalue weighted by Crippen LogP contribution is -2.05. The highest BCUT2D eigenvalue weighted by Gasteiger charge is 2.08. The van der Waals surface area contributed by atoms with Crippen molar-refractivity contribution in [2.75, 3.05) is 18.2 Å². The van der Waals surface area contributed by atoms with Crippen molar-refractivity contribution < 1.29 is 4.74 Å². The average Bonchev–Trinajstić information content (AvgIpc) is 2.47. The lowest BCUT2D eigenvalue weighted by Gasteiger charge is -2.09. The summed E-state index contributed by atoms with van der Waals surface area (Å²) < 4.78 is 4.98. The van der Waals surface area contributed by atoms with Crippen LogP contribution in [0.15, 0.2) is 30.3 Å². The molecule has 21 heavy (non-hydrogen) atoms. The first-order chi connectivity index (χ1) is 10.2. The molecule has 0 aliphatic carbocycles. The van der Waals surface area contributed by atoms with Crippen LogP contribution in [0.4, 0.5) is 17.6 Å². The van der Waals surface area contributed by atoms with Crippen LogP contribution in [0.2, 0.25) is 0 Å². The molecule has 0 spiro atoms. The predicted octanol–water partition coefficient (Wildman–Crippen LogP) is 2.06. The summed E-state index contributed by atoms with van der Waals surface area (Å²) in [4.78, 5) is 16.5. The number of ether oxygens (including phenoxy) is 1. The van der Waals surface area contributed by atoms with Crippen molar-refractivity contribution in [1.29, 1.82) is 0 Å². The molecular formula is C14H14N6O. The lowest BCUT2D eigenvalue weighted by molar-refractivity contribution is 0.380. The van der Waals surface area contributed by atoms with E-state index in [4.69, 9.17) is 10.5 Å². The number of nitrogen functional groups attached to an aromatic ring is 1. The molecule has 0 saturated heterocycles. The van der Waals surface area contributed by atoms with E-state index < -0.39 is 0 Å². The Kier molecular flexibility index (Phi) is 3.23. The third-order valence-corrected chi connectivity index (χ3v) is 2.92. The highest BCUT2D eigenvalue weighted by molar-refractivity contribution is 5.91. The van der Waals surface area contributed by atoms with Crippen LogP contribution in [0.3, 0.4) is 0 Å². The van der Waals surface area contributed by atoms with E-state index in [2.05, 4.69) is 25.3 Å². The van der Waals surface area contributed by atoms with Crippen LogP contribution < -0.4 is 15.8 Å². The minimum atomic E-state index is 0.0914. The molecule has 0 aliphatic rings. The van der Waals surface area contributed by atoms with Gasteiger partial charge in [-0.15, -0.1) is 0 Å². The molecule has 106 valence electrons. The van der Waals surface area contributed by atoms with E-state index >= 15 is 0 Å². The maximum absolute atomic E-state index is 5.63. The Morgan fingerprint density at radius 2 is 1.90 bits per heavy atom. The zero-order chi connectivity index (χ0) is 14.8. The van der Waals surface area contributed by atoms with Crippen LogP contribution in [0.1, 0.15) is 5.69 Å². The summed E-state index contributed by atoms with van der Waals surface area (Å²) in [5, 5.41) is 4.13. The molecule has 1 aromatic carbocycles. The van der Waals surface area contributed by atoms with Gasteiger partial charge in [-0.25, -0.2) is 0 Å². The molecule has 0 saturated carbocycles. The van der Waals surface area contributed by atoms with Crippen molar-refractivity contribution in [2.45, 2.75) is 6.92 Å². The summed E-state index contributed by atoms with van der Waals surface area (Å²) >= 11 is 0. The zero-order valence-corrected chi connectivity index (χ0v) is 11.7. The van der Waals surface area contributed by atoms with Gasteiger partial charge in [0, 0.05) is 11.1 Å². The summed E-state index contributed by atoms with van der Waals surface area (Å²) in [6.45, 7) is 1.94. The molecule has 0 fully saturated rings. The van der Waals surface area contributed by atoms with E-state index in [0.717, 1.165) is 22.3 Å². The van der Waals surface area contributed by atoms with Crippen LogP contribution >= 0.6 is 0 Å². The second-order valence-corrected chi connectivity index (χ2v) is 4.46. The van der Waals surface area contributed by atoms with Gasteiger partial charge >= 0.3 is 6.01 Å². The van der Waals surface area contributed by atoms with Crippen molar-refractivity contribution in [3.05, 3.63) is 36.0 Å². The topological polar surface area (TPSA) is 98.8 Å².